The largest absolute Gasteiger partial charge is 0.480 e. The topological polar surface area (TPSA) is 113 Å². The number of carbonyl (C=O) groups is 2. The van der Waals surface area contributed by atoms with Crippen LogP contribution in [0.25, 0.3) is 0 Å². The highest BCUT2D eigenvalue weighted by atomic mass is 16.4. The fraction of sp³-hybridized carbons (Fsp3) is 0.818. The van der Waals surface area contributed by atoms with Crippen LogP contribution in [0.3, 0.4) is 0 Å². The molecule has 0 saturated carbocycles. The van der Waals surface area contributed by atoms with Crippen molar-refractivity contribution in [3.63, 3.8) is 0 Å². The van der Waals surface area contributed by atoms with Gasteiger partial charge in [0.05, 0.1) is 6.10 Å². The fourth-order valence-electron chi connectivity index (χ4n) is 1.44. The highest BCUT2D eigenvalue weighted by Crippen LogP contribution is 2.09. The summed E-state index contributed by atoms with van der Waals surface area (Å²) in [6.07, 6.45) is 0.636. The van der Waals surface area contributed by atoms with Crippen LogP contribution in [0.5, 0.6) is 0 Å². The van der Waals surface area contributed by atoms with Crippen LogP contribution in [-0.4, -0.2) is 40.8 Å². The number of amides is 1. The molecule has 6 nitrogen and oxygen atoms in total. The Balaban J connectivity index is 4.03. The van der Waals surface area contributed by atoms with Gasteiger partial charge in [-0.15, -0.1) is 0 Å². The molecule has 0 aliphatic carbocycles. The van der Waals surface area contributed by atoms with Crippen LogP contribution in [0, 0.1) is 5.92 Å². The molecule has 0 aliphatic rings. The number of carboxylic acid groups (broad SMARTS) is 1. The Morgan fingerprint density at radius 1 is 1.29 bits per heavy atom. The third kappa shape index (κ3) is 6.91. The number of carbonyl (C=O) groups excluding carboxylic acids is 1. The predicted octanol–water partition coefficient (Wildman–Crippen LogP) is -0.298. The van der Waals surface area contributed by atoms with E-state index in [1.807, 2.05) is 6.92 Å². The van der Waals surface area contributed by atoms with Gasteiger partial charge in [0.25, 0.3) is 0 Å². The number of aliphatic carboxylic acids is 1. The maximum atomic E-state index is 11.5. The summed E-state index contributed by atoms with van der Waals surface area (Å²) in [4.78, 5) is 22.2. The minimum Gasteiger partial charge on any atom is -0.480 e. The van der Waals surface area contributed by atoms with Gasteiger partial charge in [0.2, 0.25) is 5.91 Å². The van der Waals surface area contributed by atoms with E-state index < -0.39 is 18.1 Å². The van der Waals surface area contributed by atoms with Crippen LogP contribution < -0.4 is 11.1 Å². The highest BCUT2D eigenvalue weighted by Gasteiger charge is 2.24. The molecular weight excluding hydrogens is 224 g/mol. The van der Waals surface area contributed by atoms with E-state index >= 15 is 0 Å². The van der Waals surface area contributed by atoms with Crippen LogP contribution in [0.4, 0.5) is 0 Å². The van der Waals surface area contributed by atoms with Gasteiger partial charge in [-0.2, -0.15) is 0 Å². The summed E-state index contributed by atoms with van der Waals surface area (Å²) in [7, 11) is 0. The van der Waals surface area contributed by atoms with Crippen molar-refractivity contribution in [2.24, 2.45) is 11.7 Å². The van der Waals surface area contributed by atoms with Crippen molar-refractivity contribution in [1.29, 1.82) is 0 Å². The summed E-state index contributed by atoms with van der Waals surface area (Å²) >= 11 is 0. The Morgan fingerprint density at radius 3 is 2.29 bits per heavy atom. The number of rotatable bonds is 8. The summed E-state index contributed by atoms with van der Waals surface area (Å²) in [6.45, 7) is 3.90. The SMILES string of the molecule is CC(CCN)CCC(=O)N[C@H](C(=O)O)[C@@H](C)O. The van der Waals surface area contributed by atoms with Crippen molar-refractivity contribution in [1.82, 2.24) is 5.32 Å². The molecule has 0 heterocycles. The fourth-order valence-corrected chi connectivity index (χ4v) is 1.44. The first kappa shape index (κ1) is 15.9. The molecule has 0 rings (SSSR count). The number of hydrogen-bond acceptors (Lipinski definition) is 4. The normalized spacial score (nSPS) is 16.0. The summed E-state index contributed by atoms with van der Waals surface area (Å²) in [5, 5.41) is 20.2. The average Bonchev–Trinajstić information content (AvgIpc) is 2.22. The number of aliphatic hydroxyl groups is 1. The molecule has 0 fully saturated rings. The zero-order valence-electron chi connectivity index (χ0n) is 10.3. The van der Waals surface area contributed by atoms with Crippen molar-refractivity contribution in [3.05, 3.63) is 0 Å². The molecule has 1 unspecified atom stereocenters. The van der Waals surface area contributed by atoms with E-state index in [-0.39, 0.29) is 12.3 Å². The van der Waals surface area contributed by atoms with Gasteiger partial charge in [-0.3, -0.25) is 4.79 Å². The monoisotopic (exact) mass is 246 g/mol. The second-order valence-electron chi connectivity index (χ2n) is 4.35. The lowest BCUT2D eigenvalue weighted by molar-refractivity contribution is -0.144. The first-order chi connectivity index (χ1) is 7.88. The smallest absolute Gasteiger partial charge is 0.328 e. The molecule has 5 N–H and O–H groups in total. The van der Waals surface area contributed by atoms with Crippen molar-refractivity contribution in [2.45, 2.75) is 45.3 Å². The Hall–Kier alpha value is -1.14. The molecule has 0 aromatic heterocycles. The molecule has 0 saturated heterocycles. The first-order valence-corrected chi connectivity index (χ1v) is 5.78. The molecule has 0 aromatic rings. The number of hydrogen-bond donors (Lipinski definition) is 4. The van der Waals surface area contributed by atoms with Crippen molar-refractivity contribution in [2.75, 3.05) is 6.54 Å². The lowest BCUT2D eigenvalue weighted by atomic mass is 10.0. The number of carboxylic acids is 1. The average molecular weight is 246 g/mol. The molecule has 17 heavy (non-hydrogen) atoms. The van der Waals surface area contributed by atoms with E-state index in [2.05, 4.69) is 5.32 Å². The second-order valence-corrected chi connectivity index (χ2v) is 4.35. The summed E-state index contributed by atoms with van der Waals surface area (Å²) in [5.74, 6) is -1.26. The van der Waals surface area contributed by atoms with E-state index in [1.54, 1.807) is 0 Å². The van der Waals surface area contributed by atoms with Crippen LogP contribution in [0.2, 0.25) is 0 Å². The Labute approximate surface area is 101 Å². The van der Waals surface area contributed by atoms with Gasteiger partial charge < -0.3 is 21.3 Å². The molecule has 6 heteroatoms. The van der Waals surface area contributed by atoms with Crippen LogP contribution >= 0.6 is 0 Å². The predicted molar refractivity (Wildman–Crippen MR) is 63.3 cm³/mol. The van der Waals surface area contributed by atoms with E-state index in [0.717, 1.165) is 6.42 Å². The molecule has 0 aliphatic heterocycles. The zero-order valence-corrected chi connectivity index (χ0v) is 10.3. The van der Waals surface area contributed by atoms with Gasteiger partial charge in [-0.1, -0.05) is 6.92 Å². The first-order valence-electron chi connectivity index (χ1n) is 5.78. The highest BCUT2D eigenvalue weighted by molar-refractivity contribution is 5.83. The third-order valence-electron chi connectivity index (χ3n) is 2.59. The van der Waals surface area contributed by atoms with Gasteiger partial charge >= 0.3 is 5.97 Å². The maximum Gasteiger partial charge on any atom is 0.328 e. The molecule has 100 valence electrons. The summed E-state index contributed by atoms with van der Waals surface area (Å²) < 4.78 is 0. The van der Waals surface area contributed by atoms with Gasteiger partial charge in [0, 0.05) is 6.42 Å². The van der Waals surface area contributed by atoms with E-state index in [0.29, 0.717) is 18.9 Å². The molecule has 0 radical (unpaired) electrons. The Morgan fingerprint density at radius 2 is 1.88 bits per heavy atom. The van der Waals surface area contributed by atoms with Gasteiger partial charge in [-0.25, -0.2) is 4.79 Å². The van der Waals surface area contributed by atoms with Crippen LogP contribution in [0.1, 0.15) is 33.1 Å². The van der Waals surface area contributed by atoms with Crippen LogP contribution in [-0.2, 0) is 9.59 Å². The molecular formula is C11H22N2O4. The minimum absolute atomic E-state index is 0.248. The van der Waals surface area contributed by atoms with E-state index in [4.69, 9.17) is 10.8 Å². The van der Waals surface area contributed by atoms with Crippen LogP contribution in [0.15, 0.2) is 0 Å². The molecule has 0 aromatic carbocycles. The number of nitrogens with two attached hydrogens (primary N) is 1. The standard InChI is InChI=1S/C11H22N2O4/c1-7(5-6-12)3-4-9(15)13-10(8(2)14)11(16)17/h7-8,10,14H,3-6,12H2,1-2H3,(H,13,15)(H,16,17)/t7?,8-,10+/m1/s1. The van der Waals surface area contributed by atoms with Crippen molar-refractivity contribution >= 4 is 11.9 Å². The van der Waals surface area contributed by atoms with Gasteiger partial charge in [-0.05, 0) is 32.2 Å². The zero-order chi connectivity index (χ0) is 13.4. The molecule has 0 bridgehead atoms. The lowest BCUT2D eigenvalue weighted by Gasteiger charge is -2.17. The summed E-state index contributed by atoms with van der Waals surface area (Å²) in [5.41, 5.74) is 5.38. The van der Waals surface area contributed by atoms with Gasteiger partial charge in [0.15, 0.2) is 6.04 Å². The number of aliphatic hydroxyl groups excluding tert-OH is 1. The van der Waals surface area contributed by atoms with Crippen molar-refractivity contribution in [3.8, 4) is 0 Å². The summed E-state index contributed by atoms with van der Waals surface area (Å²) in [6, 6.07) is -1.24. The maximum absolute atomic E-state index is 11.5. The van der Waals surface area contributed by atoms with E-state index in [9.17, 15) is 14.7 Å². The van der Waals surface area contributed by atoms with Crippen molar-refractivity contribution < 1.29 is 19.8 Å². The van der Waals surface area contributed by atoms with E-state index in [1.165, 1.54) is 6.92 Å². The number of nitrogens with one attached hydrogen (secondary N) is 1. The Kier molecular flexibility index (Phi) is 7.49. The molecule has 0 spiro atoms. The second kappa shape index (κ2) is 8.03. The third-order valence-corrected chi connectivity index (χ3v) is 2.59. The molecule has 3 atom stereocenters. The van der Waals surface area contributed by atoms with Gasteiger partial charge in [0.1, 0.15) is 0 Å². The minimum atomic E-state index is -1.24. The molecule has 1 amide bonds. The Bertz CT molecular complexity index is 256. The quantitative estimate of drug-likeness (QED) is 0.470. The lowest BCUT2D eigenvalue weighted by Crippen LogP contribution is -2.47.